The Balaban J connectivity index is 2.23. The van der Waals surface area contributed by atoms with Crippen molar-refractivity contribution in [1.29, 1.82) is 0 Å². The first-order valence-electron chi connectivity index (χ1n) is 6.28. The molecular weight excluding hydrogens is 231 g/mol. The van der Waals surface area contributed by atoms with Crippen LogP contribution in [0.1, 0.15) is 23.2 Å². The number of hydrogen-bond acceptors (Lipinski definition) is 3. The summed E-state index contributed by atoms with van der Waals surface area (Å²) in [4.78, 5) is 15.2. The minimum Gasteiger partial charge on any atom is -0.369 e. The van der Waals surface area contributed by atoms with Gasteiger partial charge < -0.3 is 9.80 Å². The summed E-state index contributed by atoms with van der Waals surface area (Å²) in [6.45, 7) is 2.03. The number of aldehydes is 1. The van der Waals surface area contributed by atoms with Crippen molar-refractivity contribution >= 4 is 12.0 Å². The van der Waals surface area contributed by atoms with Crippen molar-refractivity contribution in [2.75, 3.05) is 32.1 Å². The highest BCUT2D eigenvalue weighted by Gasteiger charge is 2.24. The fourth-order valence-corrected chi connectivity index (χ4v) is 2.56. The number of rotatable bonds is 3. The van der Waals surface area contributed by atoms with Gasteiger partial charge in [0, 0.05) is 18.7 Å². The topological polar surface area (TPSA) is 23.6 Å². The number of hydrogen-bond donors (Lipinski definition) is 0. The molecule has 1 aromatic carbocycles. The molecule has 0 N–H and O–H groups in total. The summed E-state index contributed by atoms with van der Waals surface area (Å²) in [5, 5.41) is 0. The maximum absolute atomic E-state index is 13.9. The molecule has 98 valence electrons. The lowest BCUT2D eigenvalue weighted by Gasteiger charge is -2.36. The zero-order valence-electron chi connectivity index (χ0n) is 10.9. The second-order valence-electron chi connectivity index (χ2n) is 4.94. The first-order chi connectivity index (χ1) is 8.63. The smallest absolute Gasteiger partial charge is 0.152 e. The molecule has 1 saturated heterocycles. The van der Waals surface area contributed by atoms with Crippen LogP contribution in [0.4, 0.5) is 10.1 Å². The molecule has 0 spiro atoms. The number of para-hydroxylation sites is 1. The van der Waals surface area contributed by atoms with E-state index in [1.165, 1.54) is 6.07 Å². The zero-order chi connectivity index (χ0) is 13.1. The Kier molecular flexibility index (Phi) is 3.97. The molecule has 0 atom stereocenters. The van der Waals surface area contributed by atoms with E-state index in [-0.39, 0.29) is 5.82 Å². The number of carbonyl (C=O) groups excluding carboxylic acids is 1. The Hall–Kier alpha value is -1.42. The van der Waals surface area contributed by atoms with Gasteiger partial charge in [-0.05, 0) is 45.1 Å². The first-order valence-corrected chi connectivity index (χ1v) is 6.28. The predicted octanol–water partition coefficient (Wildman–Crippen LogP) is 2.17. The maximum Gasteiger partial charge on any atom is 0.152 e. The van der Waals surface area contributed by atoms with Crippen LogP contribution in [-0.4, -0.2) is 44.4 Å². The van der Waals surface area contributed by atoms with Gasteiger partial charge in [-0.3, -0.25) is 4.79 Å². The third-order valence-corrected chi connectivity index (χ3v) is 3.73. The van der Waals surface area contributed by atoms with Crippen LogP contribution in [0.3, 0.4) is 0 Å². The molecule has 3 nitrogen and oxygen atoms in total. The van der Waals surface area contributed by atoms with E-state index in [1.54, 1.807) is 12.1 Å². The highest BCUT2D eigenvalue weighted by molar-refractivity contribution is 5.84. The van der Waals surface area contributed by atoms with Gasteiger partial charge in [-0.2, -0.15) is 0 Å². The number of likely N-dealkylation sites (tertiary alicyclic amines) is 1. The van der Waals surface area contributed by atoms with E-state index in [9.17, 15) is 9.18 Å². The third kappa shape index (κ3) is 2.53. The van der Waals surface area contributed by atoms with Crippen molar-refractivity contribution in [2.45, 2.75) is 18.9 Å². The summed E-state index contributed by atoms with van der Waals surface area (Å²) < 4.78 is 13.9. The van der Waals surface area contributed by atoms with Crippen LogP contribution < -0.4 is 4.90 Å². The van der Waals surface area contributed by atoms with Crippen molar-refractivity contribution < 1.29 is 9.18 Å². The lowest BCUT2D eigenvalue weighted by Crippen LogP contribution is -2.42. The number of carbonyl (C=O) groups is 1. The molecule has 1 aromatic rings. The van der Waals surface area contributed by atoms with Crippen molar-refractivity contribution in [3.63, 3.8) is 0 Å². The summed E-state index contributed by atoms with van der Waals surface area (Å²) in [6.07, 6.45) is 2.73. The molecule has 1 heterocycles. The number of benzene rings is 1. The normalized spacial score (nSPS) is 17.7. The summed E-state index contributed by atoms with van der Waals surface area (Å²) in [6, 6.07) is 4.95. The molecule has 0 aromatic heterocycles. The molecule has 1 aliphatic rings. The van der Waals surface area contributed by atoms with Crippen LogP contribution in [0, 0.1) is 5.82 Å². The fourth-order valence-electron chi connectivity index (χ4n) is 2.56. The van der Waals surface area contributed by atoms with Crippen LogP contribution in [0.25, 0.3) is 0 Å². The van der Waals surface area contributed by atoms with Crippen LogP contribution in [-0.2, 0) is 0 Å². The molecule has 2 rings (SSSR count). The second-order valence-corrected chi connectivity index (χ2v) is 4.94. The summed E-state index contributed by atoms with van der Waals surface area (Å²) in [5.41, 5.74) is 0.860. The highest BCUT2D eigenvalue weighted by Crippen LogP contribution is 2.27. The zero-order valence-corrected chi connectivity index (χ0v) is 10.9. The van der Waals surface area contributed by atoms with Gasteiger partial charge in [0.1, 0.15) is 5.82 Å². The van der Waals surface area contributed by atoms with E-state index in [4.69, 9.17) is 0 Å². The molecular formula is C14H19FN2O. The van der Waals surface area contributed by atoms with Crippen molar-refractivity contribution in [3.8, 4) is 0 Å². The predicted molar refractivity (Wildman–Crippen MR) is 70.7 cm³/mol. The molecule has 0 saturated carbocycles. The Bertz CT molecular complexity index is 428. The van der Waals surface area contributed by atoms with Gasteiger partial charge in [-0.25, -0.2) is 4.39 Å². The molecule has 4 heteroatoms. The summed E-state index contributed by atoms with van der Waals surface area (Å²) >= 11 is 0. The molecule has 0 bridgehead atoms. The Labute approximate surface area is 107 Å². The van der Waals surface area contributed by atoms with Gasteiger partial charge in [0.05, 0.1) is 5.69 Å². The van der Waals surface area contributed by atoms with E-state index in [1.807, 2.05) is 11.9 Å². The number of halogens is 1. The molecule has 0 aliphatic carbocycles. The molecule has 0 amide bonds. The van der Waals surface area contributed by atoms with Crippen LogP contribution in [0.2, 0.25) is 0 Å². The second kappa shape index (κ2) is 5.48. The highest BCUT2D eigenvalue weighted by atomic mass is 19.1. The van der Waals surface area contributed by atoms with E-state index in [0.29, 0.717) is 17.3 Å². The maximum atomic E-state index is 13.9. The van der Waals surface area contributed by atoms with E-state index in [2.05, 4.69) is 11.9 Å². The Morgan fingerprint density at radius 3 is 2.67 bits per heavy atom. The molecule has 18 heavy (non-hydrogen) atoms. The van der Waals surface area contributed by atoms with Gasteiger partial charge in [0.2, 0.25) is 0 Å². The lowest BCUT2D eigenvalue weighted by molar-refractivity contribution is 0.112. The minimum absolute atomic E-state index is 0.303. The largest absolute Gasteiger partial charge is 0.369 e. The summed E-state index contributed by atoms with van der Waals surface area (Å²) in [7, 11) is 3.97. The van der Waals surface area contributed by atoms with E-state index in [0.717, 1.165) is 32.2 Å². The van der Waals surface area contributed by atoms with Crippen molar-refractivity contribution in [2.24, 2.45) is 0 Å². The monoisotopic (exact) mass is 250 g/mol. The SMILES string of the molecule is CN1CCC(N(C)c2c(F)cccc2C=O)CC1. The van der Waals surface area contributed by atoms with Gasteiger partial charge in [-0.15, -0.1) is 0 Å². The fraction of sp³-hybridized carbons (Fsp3) is 0.500. The van der Waals surface area contributed by atoms with Gasteiger partial charge in [-0.1, -0.05) is 6.07 Å². The number of nitrogens with zero attached hydrogens (tertiary/aromatic N) is 2. The van der Waals surface area contributed by atoms with Crippen molar-refractivity contribution in [1.82, 2.24) is 4.90 Å². The van der Waals surface area contributed by atoms with Gasteiger partial charge >= 0.3 is 0 Å². The van der Waals surface area contributed by atoms with E-state index < -0.39 is 0 Å². The van der Waals surface area contributed by atoms with Crippen molar-refractivity contribution in [3.05, 3.63) is 29.6 Å². The third-order valence-electron chi connectivity index (χ3n) is 3.73. The average Bonchev–Trinajstić information content (AvgIpc) is 2.38. The average molecular weight is 250 g/mol. The van der Waals surface area contributed by atoms with Crippen LogP contribution >= 0.6 is 0 Å². The first kappa shape index (κ1) is 13.0. The molecule has 0 radical (unpaired) electrons. The number of anilines is 1. The molecule has 1 aliphatic heterocycles. The Morgan fingerprint density at radius 1 is 1.39 bits per heavy atom. The van der Waals surface area contributed by atoms with Crippen LogP contribution in [0.15, 0.2) is 18.2 Å². The van der Waals surface area contributed by atoms with Gasteiger partial charge in [0.25, 0.3) is 0 Å². The number of piperidine rings is 1. The standard InChI is InChI=1S/C14H19FN2O/c1-16-8-6-12(7-9-16)17(2)14-11(10-18)4-3-5-13(14)15/h3-5,10,12H,6-9H2,1-2H3. The lowest BCUT2D eigenvalue weighted by atomic mass is 10.0. The minimum atomic E-state index is -0.318. The van der Waals surface area contributed by atoms with Crippen LogP contribution in [0.5, 0.6) is 0 Å². The molecule has 0 unspecified atom stereocenters. The quantitative estimate of drug-likeness (QED) is 0.768. The Morgan fingerprint density at radius 2 is 2.06 bits per heavy atom. The molecule has 1 fully saturated rings. The summed E-state index contributed by atoms with van der Waals surface area (Å²) in [5.74, 6) is -0.318. The van der Waals surface area contributed by atoms with Gasteiger partial charge in [0.15, 0.2) is 6.29 Å². The van der Waals surface area contributed by atoms with E-state index >= 15 is 0 Å².